The molecule has 24 heavy (non-hydrogen) atoms. The summed E-state index contributed by atoms with van der Waals surface area (Å²) < 4.78 is 1.04. The minimum atomic E-state index is -0.542. The molecule has 1 aromatic carbocycles. The maximum Gasteiger partial charge on any atom is 0.285 e. The molecule has 0 aliphatic rings. The standard InChI is InChI=1S/C18H20N4O2/c1-11-7-5-6-8-15(11)14(4)20-17(23)10-22-18(24)16(9-19)12(2)13(3)21-22/h5-8,14H,10H2,1-4H3,(H,20,23)/t14-/m1/s1. The number of aromatic nitrogens is 2. The molecule has 0 saturated carbocycles. The van der Waals surface area contributed by atoms with Gasteiger partial charge in [-0.25, -0.2) is 4.68 Å². The molecule has 0 spiro atoms. The topological polar surface area (TPSA) is 87.8 Å². The van der Waals surface area contributed by atoms with Gasteiger partial charge in [-0.1, -0.05) is 24.3 Å². The van der Waals surface area contributed by atoms with E-state index in [-0.39, 0.29) is 24.1 Å². The van der Waals surface area contributed by atoms with Crippen LogP contribution < -0.4 is 10.9 Å². The lowest BCUT2D eigenvalue weighted by Gasteiger charge is -2.17. The van der Waals surface area contributed by atoms with Crippen LogP contribution in [0.5, 0.6) is 0 Å². The van der Waals surface area contributed by atoms with Crippen LogP contribution in [0.15, 0.2) is 29.1 Å². The van der Waals surface area contributed by atoms with Gasteiger partial charge in [-0.15, -0.1) is 0 Å². The van der Waals surface area contributed by atoms with E-state index in [9.17, 15) is 9.59 Å². The second-order valence-corrected chi connectivity index (χ2v) is 5.81. The number of hydrogen-bond donors (Lipinski definition) is 1. The number of amides is 1. The van der Waals surface area contributed by atoms with Gasteiger partial charge in [0.2, 0.25) is 5.91 Å². The second kappa shape index (κ2) is 7.09. The van der Waals surface area contributed by atoms with Crippen molar-refractivity contribution >= 4 is 5.91 Å². The predicted molar refractivity (Wildman–Crippen MR) is 90.4 cm³/mol. The molecule has 0 aliphatic heterocycles. The Bertz CT molecular complexity index is 878. The summed E-state index contributed by atoms with van der Waals surface area (Å²) >= 11 is 0. The highest BCUT2D eigenvalue weighted by Crippen LogP contribution is 2.16. The Hall–Kier alpha value is -2.94. The van der Waals surface area contributed by atoms with E-state index in [2.05, 4.69) is 10.4 Å². The van der Waals surface area contributed by atoms with Crippen LogP contribution in [0.25, 0.3) is 0 Å². The van der Waals surface area contributed by atoms with Crippen LogP contribution >= 0.6 is 0 Å². The second-order valence-electron chi connectivity index (χ2n) is 5.81. The van der Waals surface area contributed by atoms with Crippen molar-refractivity contribution in [3.05, 3.63) is 62.6 Å². The average Bonchev–Trinajstić information content (AvgIpc) is 2.53. The van der Waals surface area contributed by atoms with E-state index in [4.69, 9.17) is 5.26 Å². The zero-order valence-electron chi connectivity index (χ0n) is 14.3. The third kappa shape index (κ3) is 3.51. The lowest BCUT2D eigenvalue weighted by atomic mass is 10.0. The van der Waals surface area contributed by atoms with Crippen molar-refractivity contribution in [1.29, 1.82) is 5.26 Å². The van der Waals surface area contributed by atoms with E-state index in [1.807, 2.05) is 44.2 Å². The number of nitrogens with zero attached hydrogens (tertiary/aromatic N) is 3. The Balaban J connectivity index is 2.20. The molecule has 1 aromatic heterocycles. The van der Waals surface area contributed by atoms with Crippen LogP contribution in [0.4, 0.5) is 0 Å². The van der Waals surface area contributed by atoms with Gasteiger partial charge in [0.05, 0.1) is 11.7 Å². The number of carbonyl (C=O) groups excluding carboxylic acids is 1. The number of hydrogen-bond acceptors (Lipinski definition) is 4. The summed E-state index contributed by atoms with van der Waals surface area (Å²) in [5.74, 6) is -0.326. The minimum absolute atomic E-state index is 0.0299. The molecule has 6 heteroatoms. The summed E-state index contributed by atoms with van der Waals surface area (Å²) in [6.45, 7) is 7.03. The molecule has 0 unspecified atom stereocenters. The van der Waals surface area contributed by atoms with Crippen molar-refractivity contribution in [2.45, 2.75) is 40.3 Å². The maximum atomic E-state index is 12.3. The summed E-state index contributed by atoms with van der Waals surface area (Å²) in [4.78, 5) is 24.5. The molecule has 2 aromatic rings. The lowest BCUT2D eigenvalue weighted by molar-refractivity contribution is -0.122. The lowest BCUT2D eigenvalue weighted by Crippen LogP contribution is -2.36. The van der Waals surface area contributed by atoms with Gasteiger partial charge in [-0.3, -0.25) is 9.59 Å². The zero-order valence-corrected chi connectivity index (χ0v) is 14.3. The molecule has 6 nitrogen and oxygen atoms in total. The zero-order chi connectivity index (χ0) is 17.9. The first-order valence-electron chi connectivity index (χ1n) is 7.68. The van der Waals surface area contributed by atoms with E-state index in [1.54, 1.807) is 13.8 Å². The normalized spacial score (nSPS) is 11.6. The largest absolute Gasteiger partial charge is 0.348 e. The third-order valence-electron chi connectivity index (χ3n) is 4.07. The SMILES string of the molecule is Cc1ccccc1[C@@H](C)NC(=O)Cn1nc(C)c(C)c(C#N)c1=O. The first-order chi connectivity index (χ1) is 11.3. The van der Waals surface area contributed by atoms with Crippen molar-refractivity contribution < 1.29 is 4.79 Å². The van der Waals surface area contributed by atoms with Gasteiger partial charge in [0.15, 0.2) is 0 Å². The van der Waals surface area contributed by atoms with Gasteiger partial charge in [0, 0.05) is 0 Å². The molecule has 0 radical (unpaired) electrons. The fourth-order valence-corrected chi connectivity index (χ4v) is 2.58. The third-order valence-corrected chi connectivity index (χ3v) is 4.07. The average molecular weight is 324 g/mol. The van der Waals surface area contributed by atoms with Crippen molar-refractivity contribution in [2.24, 2.45) is 0 Å². The highest BCUT2D eigenvalue weighted by molar-refractivity contribution is 5.76. The molecule has 124 valence electrons. The highest BCUT2D eigenvalue weighted by atomic mass is 16.2. The number of nitrogens with one attached hydrogen (secondary N) is 1. The fourth-order valence-electron chi connectivity index (χ4n) is 2.58. The number of rotatable bonds is 4. The van der Waals surface area contributed by atoms with Gasteiger partial charge < -0.3 is 5.32 Å². The molecular formula is C18H20N4O2. The van der Waals surface area contributed by atoms with Gasteiger partial charge in [-0.2, -0.15) is 10.4 Å². The summed E-state index contributed by atoms with van der Waals surface area (Å²) in [5, 5.41) is 16.1. The Labute approximate surface area is 140 Å². The smallest absolute Gasteiger partial charge is 0.285 e. The van der Waals surface area contributed by atoms with Crippen LogP contribution in [0, 0.1) is 32.1 Å². The number of aryl methyl sites for hydroxylation is 2. The van der Waals surface area contributed by atoms with Crippen LogP contribution in [0.1, 0.15) is 40.9 Å². The van der Waals surface area contributed by atoms with Crippen LogP contribution in [-0.4, -0.2) is 15.7 Å². The van der Waals surface area contributed by atoms with E-state index < -0.39 is 5.56 Å². The molecule has 1 N–H and O–H groups in total. The molecule has 1 heterocycles. The van der Waals surface area contributed by atoms with Crippen molar-refractivity contribution in [2.75, 3.05) is 0 Å². The van der Waals surface area contributed by atoms with Crippen LogP contribution in [0.2, 0.25) is 0 Å². The Morgan fingerprint density at radius 3 is 2.62 bits per heavy atom. The Kier molecular flexibility index (Phi) is 5.14. The molecule has 1 atom stereocenters. The molecule has 0 aliphatic carbocycles. The molecular weight excluding hydrogens is 304 g/mol. The van der Waals surface area contributed by atoms with E-state index in [0.717, 1.165) is 15.8 Å². The first-order valence-corrected chi connectivity index (χ1v) is 7.68. The summed E-state index contributed by atoms with van der Waals surface area (Å²) in [6, 6.07) is 9.49. The van der Waals surface area contributed by atoms with Crippen molar-refractivity contribution in [1.82, 2.24) is 15.1 Å². The highest BCUT2D eigenvalue weighted by Gasteiger charge is 2.16. The van der Waals surface area contributed by atoms with Crippen LogP contribution in [0.3, 0.4) is 0 Å². The minimum Gasteiger partial charge on any atom is -0.348 e. The summed E-state index contributed by atoms with van der Waals surface area (Å²) in [7, 11) is 0. The fraction of sp³-hybridized carbons (Fsp3) is 0.333. The van der Waals surface area contributed by atoms with Crippen LogP contribution in [-0.2, 0) is 11.3 Å². The molecule has 0 bridgehead atoms. The Morgan fingerprint density at radius 1 is 1.33 bits per heavy atom. The Morgan fingerprint density at radius 2 is 2.00 bits per heavy atom. The van der Waals surface area contributed by atoms with Gasteiger partial charge in [-0.05, 0) is 44.4 Å². The van der Waals surface area contributed by atoms with Crippen molar-refractivity contribution in [3.63, 3.8) is 0 Å². The monoisotopic (exact) mass is 324 g/mol. The van der Waals surface area contributed by atoms with Gasteiger partial charge in [0.1, 0.15) is 18.2 Å². The molecule has 2 rings (SSSR count). The summed E-state index contributed by atoms with van der Waals surface area (Å²) in [6.07, 6.45) is 0. The molecule has 1 amide bonds. The number of carbonyl (C=O) groups is 1. The maximum absolute atomic E-state index is 12.3. The van der Waals surface area contributed by atoms with E-state index in [1.165, 1.54) is 0 Å². The molecule has 0 fully saturated rings. The van der Waals surface area contributed by atoms with E-state index in [0.29, 0.717) is 11.3 Å². The number of benzene rings is 1. The van der Waals surface area contributed by atoms with E-state index >= 15 is 0 Å². The van der Waals surface area contributed by atoms with Gasteiger partial charge in [0.25, 0.3) is 5.56 Å². The predicted octanol–water partition coefficient (Wildman–Crippen LogP) is 1.92. The van der Waals surface area contributed by atoms with Gasteiger partial charge >= 0.3 is 0 Å². The number of nitriles is 1. The molecule has 0 saturated heterocycles. The quantitative estimate of drug-likeness (QED) is 0.930. The van der Waals surface area contributed by atoms with Crippen molar-refractivity contribution in [3.8, 4) is 6.07 Å². The summed E-state index contributed by atoms with van der Waals surface area (Å²) in [5.41, 5.74) is 2.70. The first kappa shape index (κ1) is 17.4.